The third-order valence-corrected chi connectivity index (χ3v) is 9.81. The Morgan fingerprint density at radius 2 is 0.737 bits per heavy atom. The molecular formula is C28H18N2O6S2. The van der Waals surface area contributed by atoms with E-state index in [-0.39, 0.29) is 32.3 Å². The normalized spacial score (nSPS) is 17.1. The Labute approximate surface area is 219 Å². The lowest BCUT2D eigenvalue weighted by atomic mass is 10.1. The number of sulfonamides is 2. The third-order valence-electron chi connectivity index (χ3n) is 6.36. The summed E-state index contributed by atoms with van der Waals surface area (Å²) in [7, 11) is -8.87. The van der Waals surface area contributed by atoms with Gasteiger partial charge in [0.05, 0.1) is 21.2 Å². The molecule has 0 unspecified atom stereocenters. The van der Waals surface area contributed by atoms with Crippen LogP contribution in [-0.2, 0) is 20.0 Å². The predicted molar refractivity (Wildman–Crippen MR) is 141 cm³/mol. The molecule has 0 bridgehead atoms. The van der Waals surface area contributed by atoms with E-state index in [1.54, 1.807) is 36.4 Å². The lowest BCUT2D eigenvalue weighted by Crippen LogP contribution is -2.36. The van der Waals surface area contributed by atoms with Gasteiger partial charge in [0.2, 0.25) is 11.6 Å². The van der Waals surface area contributed by atoms with Crippen molar-refractivity contribution in [3.8, 4) is 0 Å². The molecule has 0 aromatic heterocycles. The highest BCUT2D eigenvalue weighted by Gasteiger charge is 2.50. The molecule has 8 nitrogen and oxygen atoms in total. The predicted octanol–water partition coefficient (Wildman–Crippen LogP) is 4.38. The van der Waals surface area contributed by atoms with Gasteiger partial charge < -0.3 is 0 Å². The topological polar surface area (TPSA) is 109 Å². The molecule has 0 N–H and O–H groups in total. The van der Waals surface area contributed by atoms with Crippen LogP contribution in [0.1, 0.15) is 20.7 Å². The molecule has 10 heteroatoms. The van der Waals surface area contributed by atoms with E-state index in [0.717, 1.165) is 8.61 Å². The minimum absolute atomic E-state index is 0.0321. The molecule has 0 saturated heterocycles. The number of para-hydroxylation sites is 2. The number of ketones is 2. The molecular weight excluding hydrogens is 524 g/mol. The monoisotopic (exact) mass is 542 g/mol. The van der Waals surface area contributed by atoms with Crippen molar-refractivity contribution in [2.45, 2.75) is 9.79 Å². The van der Waals surface area contributed by atoms with Crippen molar-refractivity contribution in [2.75, 3.05) is 8.61 Å². The molecule has 0 fully saturated rings. The molecule has 2 aliphatic heterocycles. The third kappa shape index (κ3) is 3.34. The highest BCUT2D eigenvalue weighted by Crippen LogP contribution is 2.46. The Morgan fingerprint density at radius 1 is 0.421 bits per heavy atom. The summed E-state index contributed by atoms with van der Waals surface area (Å²) in [6.07, 6.45) is 0. The Bertz CT molecular complexity index is 1750. The van der Waals surface area contributed by atoms with Crippen molar-refractivity contribution >= 4 is 43.0 Å². The maximum absolute atomic E-state index is 14.0. The van der Waals surface area contributed by atoms with Crippen molar-refractivity contribution < 1.29 is 26.4 Å². The number of carbonyl (C=O) groups is 2. The van der Waals surface area contributed by atoms with Crippen LogP contribution in [0.25, 0.3) is 0 Å². The van der Waals surface area contributed by atoms with E-state index in [1.165, 1.54) is 72.8 Å². The van der Waals surface area contributed by atoms with Gasteiger partial charge in [-0.1, -0.05) is 60.7 Å². The number of nitrogens with zero attached hydrogens (tertiary/aromatic N) is 2. The van der Waals surface area contributed by atoms with Crippen LogP contribution in [0, 0.1) is 0 Å². The fraction of sp³-hybridized carbons (Fsp3) is 0. The lowest BCUT2D eigenvalue weighted by Gasteiger charge is -2.26. The fourth-order valence-corrected chi connectivity index (χ4v) is 7.75. The van der Waals surface area contributed by atoms with E-state index in [0.29, 0.717) is 0 Å². The minimum atomic E-state index is -4.44. The standard InChI is InChI=1S/C28H18N2O6S2/c31-27-21-15-7-9-17-23(21)29(37(33,34)19-11-3-1-4-12-19)25(27)26-28(32)22-16-8-10-18-24(22)30(26)38(35,36)20-13-5-2-6-14-20/h1-18H/b26-25+. The highest BCUT2D eigenvalue weighted by atomic mass is 32.2. The Balaban J connectivity index is 1.70. The molecule has 2 heterocycles. The van der Waals surface area contributed by atoms with E-state index in [4.69, 9.17) is 0 Å². The first kappa shape index (κ1) is 23.8. The van der Waals surface area contributed by atoms with E-state index < -0.39 is 43.0 Å². The number of rotatable bonds is 4. The average Bonchev–Trinajstić information content (AvgIpc) is 3.41. The van der Waals surface area contributed by atoms with Crippen molar-refractivity contribution in [1.29, 1.82) is 0 Å². The summed E-state index contributed by atoms with van der Waals surface area (Å²) >= 11 is 0. The molecule has 0 aliphatic carbocycles. The number of fused-ring (bicyclic) bond motifs is 2. The van der Waals surface area contributed by atoms with E-state index in [1.807, 2.05) is 0 Å². The number of allylic oxidation sites excluding steroid dienone is 2. The highest BCUT2D eigenvalue weighted by molar-refractivity contribution is 7.93. The van der Waals surface area contributed by atoms with Crippen molar-refractivity contribution in [1.82, 2.24) is 0 Å². The summed E-state index contributed by atoms with van der Waals surface area (Å²) in [4.78, 5) is 27.4. The van der Waals surface area contributed by atoms with Crippen LogP contribution in [0.2, 0.25) is 0 Å². The zero-order chi connectivity index (χ0) is 26.7. The summed E-state index contributed by atoms with van der Waals surface area (Å²) in [5, 5.41) is 0. The van der Waals surface area contributed by atoms with E-state index in [9.17, 15) is 26.4 Å². The van der Waals surface area contributed by atoms with Gasteiger partial charge in [0.1, 0.15) is 11.4 Å². The number of hydrogen-bond acceptors (Lipinski definition) is 6. The van der Waals surface area contributed by atoms with Crippen molar-refractivity contribution in [3.05, 3.63) is 132 Å². The van der Waals surface area contributed by atoms with Gasteiger partial charge in [0, 0.05) is 11.1 Å². The summed E-state index contributed by atoms with van der Waals surface area (Å²) in [5.41, 5.74) is -0.952. The first-order valence-corrected chi connectivity index (χ1v) is 14.3. The molecule has 2 aliphatic rings. The van der Waals surface area contributed by atoms with Crippen LogP contribution in [0.3, 0.4) is 0 Å². The summed E-state index contributed by atoms with van der Waals surface area (Å²) < 4.78 is 57.5. The molecule has 38 heavy (non-hydrogen) atoms. The zero-order valence-corrected chi connectivity index (χ0v) is 21.2. The van der Waals surface area contributed by atoms with Crippen molar-refractivity contribution in [3.63, 3.8) is 0 Å². The van der Waals surface area contributed by atoms with Crippen LogP contribution in [0.4, 0.5) is 11.4 Å². The number of anilines is 2. The maximum atomic E-state index is 14.0. The first-order chi connectivity index (χ1) is 18.2. The molecule has 0 radical (unpaired) electrons. The molecule has 6 rings (SSSR count). The molecule has 0 atom stereocenters. The Morgan fingerprint density at radius 3 is 1.11 bits per heavy atom. The molecule has 4 aromatic rings. The SMILES string of the molecule is O=C1/C(=C2/C(=O)c3ccccc3N2S(=O)(=O)c2ccccc2)N(S(=O)(=O)c2ccccc2)c2ccccc21. The molecule has 0 amide bonds. The lowest BCUT2D eigenvalue weighted by molar-refractivity contribution is 0.101. The maximum Gasteiger partial charge on any atom is 0.268 e. The molecule has 0 spiro atoms. The van der Waals surface area contributed by atoms with Gasteiger partial charge in [-0.05, 0) is 48.5 Å². The minimum Gasteiger partial charge on any atom is -0.287 e. The quantitative estimate of drug-likeness (QED) is 0.354. The largest absolute Gasteiger partial charge is 0.287 e. The van der Waals surface area contributed by atoms with Crippen LogP contribution >= 0.6 is 0 Å². The van der Waals surface area contributed by atoms with Gasteiger partial charge in [-0.2, -0.15) is 0 Å². The molecule has 188 valence electrons. The average molecular weight is 543 g/mol. The van der Waals surface area contributed by atoms with Gasteiger partial charge in [-0.3, -0.25) is 9.59 Å². The van der Waals surface area contributed by atoms with Gasteiger partial charge in [0.15, 0.2) is 0 Å². The van der Waals surface area contributed by atoms with E-state index >= 15 is 0 Å². The first-order valence-electron chi connectivity index (χ1n) is 11.5. The van der Waals surface area contributed by atoms with E-state index in [2.05, 4.69) is 0 Å². The fourth-order valence-electron chi connectivity index (χ4n) is 4.67. The summed E-state index contributed by atoms with van der Waals surface area (Å²) in [6.45, 7) is 0. The second-order valence-electron chi connectivity index (χ2n) is 8.55. The number of hydrogen-bond donors (Lipinski definition) is 0. The number of benzene rings is 4. The number of carbonyl (C=O) groups excluding carboxylic acids is 2. The van der Waals surface area contributed by atoms with Crippen LogP contribution in [0.5, 0.6) is 0 Å². The van der Waals surface area contributed by atoms with Gasteiger partial charge in [-0.25, -0.2) is 25.4 Å². The second kappa shape index (κ2) is 8.51. The summed E-state index contributed by atoms with van der Waals surface area (Å²) in [6, 6.07) is 27.0. The smallest absolute Gasteiger partial charge is 0.268 e. The van der Waals surface area contributed by atoms with Gasteiger partial charge in [0.25, 0.3) is 20.0 Å². The van der Waals surface area contributed by atoms with Crippen LogP contribution in [0.15, 0.2) is 130 Å². The molecule has 0 saturated carbocycles. The van der Waals surface area contributed by atoms with Crippen LogP contribution in [-0.4, -0.2) is 28.4 Å². The van der Waals surface area contributed by atoms with Crippen LogP contribution < -0.4 is 8.61 Å². The van der Waals surface area contributed by atoms with Gasteiger partial charge in [-0.15, -0.1) is 0 Å². The zero-order valence-electron chi connectivity index (χ0n) is 19.6. The Hall–Kier alpha value is -4.54. The molecule has 4 aromatic carbocycles. The Kier molecular flexibility index (Phi) is 5.33. The summed E-state index contributed by atoms with van der Waals surface area (Å²) in [5.74, 6) is -1.55. The van der Waals surface area contributed by atoms with Crippen molar-refractivity contribution in [2.24, 2.45) is 0 Å². The number of Topliss-reactive ketones (excluding diaryl/α,β-unsaturated/α-hetero) is 2. The second-order valence-corrected chi connectivity index (χ2v) is 12.1. The van der Waals surface area contributed by atoms with Gasteiger partial charge >= 0.3 is 0 Å².